The molecule has 0 unspecified atom stereocenters. The lowest BCUT2D eigenvalue weighted by Crippen LogP contribution is -2.37. The summed E-state index contributed by atoms with van der Waals surface area (Å²) < 4.78 is 10.3. The molecule has 23 heavy (non-hydrogen) atoms. The Labute approximate surface area is 133 Å². The molecule has 0 saturated carbocycles. The lowest BCUT2D eigenvalue weighted by atomic mass is 10.2. The highest BCUT2D eigenvalue weighted by atomic mass is 16.6. The number of hydrogen-bond donors (Lipinski definition) is 0. The van der Waals surface area contributed by atoms with Crippen molar-refractivity contribution in [3.8, 4) is 11.8 Å². The molecule has 1 heterocycles. The maximum Gasteiger partial charge on any atom is 0.347 e. The molecule has 7 heteroatoms. The number of esters is 1. The minimum Gasteiger partial charge on any atom is -0.479 e. The molecule has 0 aliphatic carbocycles. The Hall–Kier alpha value is -2.88. The van der Waals surface area contributed by atoms with Crippen molar-refractivity contribution < 1.29 is 23.9 Å². The van der Waals surface area contributed by atoms with Gasteiger partial charge >= 0.3 is 5.97 Å². The number of carbonyl (C=O) groups excluding carboxylic acids is 3. The molecular formula is C16H16N2O5. The van der Waals surface area contributed by atoms with Gasteiger partial charge in [0.15, 0.2) is 12.7 Å². The molecule has 2 rings (SSSR count). The fourth-order valence-corrected chi connectivity index (χ4v) is 2.10. The van der Waals surface area contributed by atoms with Gasteiger partial charge in [-0.2, -0.15) is 5.26 Å². The van der Waals surface area contributed by atoms with Gasteiger partial charge in [0.05, 0.1) is 11.6 Å². The van der Waals surface area contributed by atoms with E-state index in [1.54, 1.807) is 24.3 Å². The lowest BCUT2D eigenvalue weighted by molar-refractivity contribution is -0.159. The minimum atomic E-state index is -0.912. The molecular weight excluding hydrogens is 300 g/mol. The summed E-state index contributed by atoms with van der Waals surface area (Å²) >= 11 is 0. The van der Waals surface area contributed by atoms with Gasteiger partial charge < -0.3 is 9.47 Å². The van der Waals surface area contributed by atoms with Crippen LogP contribution in [0.3, 0.4) is 0 Å². The number of nitrogens with zero attached hydrogens (tertiary/aromatic N) is 2. The highest BCUT2D eigenvalue weighted by Crippen LogP contribution is 2.14. The first-order valence-corrected chi connectivity index (χ1v) is 7.18. The normalized spacial score (nSPS) is 15.0. The van der Waals surface area contributed by atoms with Crippen molar-refractivity contribution in [3.63, 3.8) is 0 Å². The van der Waals surface area contributed by atoms with E-state index in [0.29, 0.717) is 30.7 Å². The van der Waals surface area contributed by atoms with E-state index in [9.17, 15) is 14.4 Å². The first kappa shape index (κ1) is 16.5. The minimum absolute atomic E-state index is 0.243. The summed E-state index contributed by atoms with van der Waals surface area (Å²) in [6.45, 7) is 1.38. The van der Waals surface area contributed by atoms with Gasteiger partial charge in [0, 0.05) is 13.0 Å². The summed E-state index contributed by atoms with van der Waals surface area (Å²) in [5, 5.41) is 8.70. The van der Waals surface area contributed by atoms with E-state index >= 15 is 0 Å². The van der Waals surface area contributed by atoms with Crippen LogP contribution in [0.5, 0.6) is 5.75 Å². The van der Waals surface area contributed by atoms with Crippen molar-refractivity contribution in [2.45, 2.75) is 25.9 Å². The third kappa shape index (κ3) is 4.30. The Morgan fingerprint density at radius 1 is 1.35 bits per heavy atom. The topological polar surface area (TPSA) is 96.7 Å². The van der Waals surface area contributed by atoms with Crippen molar-refractivity contribution >= 4 is 17.8 Å². The van der Waals surface area contributed by atoms with Crippen LogP contribution in [-0.4, -0.2) is 41.9 Å². The van der Waals surface area contributed by atoms with Crippen LogP contribution in [0, 0.1) is 11.3 Å². The second-order valence-electron chi connectivity index (χ2n) is 5.05. The Balaban J connectivity index is 1.81. The van der Waals surface area contributed by atoms with Crippen LogP contribution in [-0.2, 0) is 19.1 Å². The zero-order chi connectivity index (χ0) is 16.8. The Morgan fingerprint density at radius 3 is 2.61 bits per heavy atom. The Bertz CT molecular complexity index is 647. The summed E-state index contributed by atoms with van der Waals surface area (Å²) in [6.07, 6.45) is 0.0687. The number of ether oxygens (including phenoxy) is 2. The third-order valence-electron chi connectivity index (χ3n) is 3.34. The van der Waals surface area contributed by atoms with Crippen LogP contribution in [0.2, 0.25) is 0 Å². The van der Waals surface area contributed by atoms with E-state index in [1.165, 1.54) is 6.92 Å². The van der Waals surface area contributed by atoms with Gasteiger partial charge in [0.25, 0.3) is 5.91 Å². The molecule has 1 atom stereocenters. The fourth-order valence-electron chi connectivity index (χ4n) is 2.10. The van der Waals surface area contributed by atoms with Crippen LogP contribution in [0.25, 0.3) is 0 Å². The number of hydrogen-bond acceptors (Lipinski definition) is 6. The molecule has 0 bridgehead atoms. The van der Waals surface area contributed by atoms with E-state index in [1.807, 2.05) is 6.07 Å². The van der Waals surface area contributed by atoms with Gasteiger partial charge in [-0.15, -0.1) is 0 Å². The van der Waals surface area contributed by atoms with Gasteiger partial charge in [0.1, 0.15) is 5.75 Å². The summed E-state index contributed by atoms with van der Waals surface area (Å²) in [5.41, 5.74) is 0.480. The molecule has 0 radical (unpaired) electrons. The number of nitriles is 1. The molecule has 0 aromatic heterocycles. The average molecular weight is 316 g/mol. The van der Waals surface area contributed by atoms with E-state index in [4.69, 9.17) is 14.7 Å². The molecule has 0 N–H and O–H groups in total. The predicted molar refractivity (Wildman–Crippen MR) is 78.2 cm³/mol. The molecule has 1 aromatic carbocycles. The highest BCUT2D eigenvalue weighted by molar-refractivity contribution is 5.97. The lowest BCUT2D eigenvalue weighted by Gasteiger charge is -2.16. The van der Waals surface area contributed by atoms with Gasteiger partial charge in [-0.3, -0.25) is 14.5 Å². The van der Waals surface area contributed by atoms with E-state index in [-0.39, 0.29) is 5.91 Å². The maximum absolute atomic E-state index is 11.8. The highest BCUT2D eigenvalue weighted by Gasteiger charge is 2.27. The molecule has 1 aromatic rings. The summed E-state index contributed by atoms with van der Waals surface area (Å²) in [5.74, 6) is -1.05. The number of imide groups is 1. The summed E-state index contributed by atoms with van der Waals surface area (Å²) in [7, 11) is 0. The van der Waals surface area contributed by atoms with Crippen LogP contribution >= 0.6 is 0 Å². The molecule has 1 aliphatic heterocycles. The molecule has 2 amide bonds. The molecule has 7 nitrogen and oxygen atoms in total. The number of likely N-dealkylation sites (tertiary alicyclic amines) is 1. The van der Waals surface area contributed by atoms with Crippen LogP contribution in [0.15, 0.2) is 24.3 Å². The average Bonchev–Trinajstić information content (AvgIpc) is 2.99. The van der Waals surface area contributed by atoms with Gasteiger partial charge in [0.2, 0.25) is 5.91 Å². The molecule has 1 saturated heterocycles. The van der Waals surface area contributed by atoms with Gasteiger partial charge in [-0.05, 0) is 37.6 Å². The zero-order valence-corrected chi connectivity index (χ0v) is 12.7. The third-order valence-corrected chi connectivity index (χ3v) is 3.34. The zero-order valence-electron chi connectivity index (χ0n) is 12.7. The summed E-state index contributed by atoms with van der Waals surface area (Å²) in [6, 6.07) is 8.24. The van der Waals surface area contributed by atoms with Gasteiger partial charge in [-0.1, -0.05) is 0 Å². The van der Waals surface area contributed by atoms with E-state index in [2.05, 4.69) is 0 Å². The smallest absolute Gasteiger partial charge is 0.347 e. The molecule has 0 spiro atoms. The SMILES string of the molecule is C[C@@H](Oc1ccc(C#N)cc1)C(=O)OCC(=O)N1CCCC1=O. The van der Waals surface area contributed by atoms with Crippen molar-refractivity contribution in [1.82, 2.24) is 4.90 Å². The number of carbonyl (C=O) groups is 3. The number of benzene rings is 1. The Morgan fingerprint density at radius 2 is 2.04 bits per heavy atom. The predicted octanol–water partition coefficient (Wildman–Crippen LogP) is 1.02. The quantitative estimate of drug-likeness (QED) is 0.752. The molecule has 1 aliphatic rings. The number of amides is 2. The van der Waals surface area contributed by atoms with Crippen LogP contribution in [0.4, 0.5) is 0 Å². The largest absolute Gasteiger partial charge is 0.479 e. The van der Waals surface area contributed by atoms with E-state index in [0.717, 1.165) is 4.90 Å². The van der Waals surface area contributed by atoms with Crippen molar-refractivity contribution in [2.75, 3.05) is 13.2 Å². The summed E-state index contributed by atoms with van der Waals surface area (Å²) in [4.78, 5) is 36.1. The molecule has 120 valence electrons. The van der Waals surface area contributed by atoms with Crippen LogP contribution in [0.1, 0.15) is 25.3 Å². The second-order valence-corrected chi connectivity index (χ2v) is 5.05. The van der Waals surface area contributed by atoms with E-state index < -0.39 is 24.6 Å². The monoisotopic (exact) mass is 316 g/mol. The molecule has 1 fully saturated rings. The second kappa shape index (κ2) is 7.40. The van der Waals surface area contributed by atoms with Gasteiger partial charge in [-0.25, -0.2) is 4.79 Å². The van der Waals surface area contributed by atoms with Crippen LogP contribution < -0.4 is 4.74 Å². The fraction of sp³-hybridized carbons (Fsp3) is 0.375. The van der Waals surface area contributed by atoms with Crippen molar-refractivity contribution in [1.29, 1.82) is 5.26 Å². The first-order valence-electron chi connectivity index (χ1n) is 7.18. The first-order chi connectivity index (χ1) is 11.0. The number of rotatable bonds is 5. The standard InChI is InChI=1S/C16H16N2O5/c1-11(23-13-6-4-12(9-17)5-7-13)16(21)22-10-15(20)18-8-2-3-14(18)19/h4-7,11H,2-3,8,10H2,1H3/t11-/m1/s1. The maximum atomic E-state index is 11.8. The van der Waals surface area contributed by atoms with Crippen molar-refractivity contribution in [3.05, 3.63) is 29.8 Å². The Kier molecular flexibility index (Phi) is 5.31. The van der Waals surface area contributed by atoms with Crippen molar-refractivity contribution in [2.24, 2.45) is 0 Å².